The number of rotatable bonds is 12. The minimum absolute atomic E-state index is 0.221. The van der Waals surface area contributed by atoms with E-state index in [1.54, 1.807) is 0 Å². The summed E-state index contributed by atoms with van der Waals surface area (Å²) in [6, 6.07) is 17.6. The van der Waals surface area contributed by atoms with E-state index in [0.29, 0.717) is 19.8 Å². The molecule has 6 nitrogen and oxygen atoms in total. The van der Waals surface area contributed by atoms with Crippen LogP contribution >= 0.6 is 0 Å². The SMILES string of the molecule is Cc1cc(C(C)(c2ccc(OCC3CO3)c(C)c2)c2cc(C)c(OCC3CO3)c(C)c2)ccc1OCC1CO1. The van der Waals surface area contributed by atoms with Gasteiger partial charge < -0.3 is 28.4 Å². The summed E-state index contributed by atoms with van der Waals surface area (Å²) in [4.78, 5) is 0. The highest BCUT2D eigenvalue weighted by Crippen LogP contribution is 2.43. The minimum atomic E-state index is -0.417. The zero-order valence-electron chi connectivity index (χ0n) is 23.5. The van der Waals surface area contributed by atoms with Gasteiger partial charge in [-0.3, -0.25) is 0 Å². The number of hydrogen-bond acceptors (Lipinski definition) is 6. The first-order valence-electron chi connectivity index (χ1n) is 13.9. The molecule has 0 saturated carbocycles. The van der Waals surface area contributed by atoms with E-state index in [9.17, 15) is 0 Å². The molecule has 0 amide bonds. The summed E-state index contributed by atoms with van der Waals surface area (Å²) in [5, 5.41) is 0. The molecule has 0 aromatic heterocycles. The molecule has 0 aliphatic carbocycles. The Labute approximate surface area is 231 Å². The number of benzene rings is 3. The van der Waals surface area contributed by atoms with Crippen LogP contribution in [0, 0.1) is 27.7 Å². The van der Waals surface area contributed by atoms with Gasteiger partial charge in [-0.1, -0.05) is 36.4 Å². The topological polar surface area (TPSA) is 65.3 Å². The molecule has 6 heteroatoms. The van der Waals surface area contributed by atoms with Crippen molar-refractivity contribution in [3.63, 3.8) is 0 Å². The molecule has 3 saturated heterocycles. The standard InChI is InChI=1S/C33H38O6/c1-20-10-24(6-8-30(20)37-17-27-14-34-27)33(5,25-7-9-31(21(2)11-25)38-18-28-15-35-28)26-12-22(3)32(23(4)13-26)39-19-29-16-36-29/h6-13,27-29H,14-19H2,1-5H3. The van der Waals surface area contributed by atoms with Crippen LogP contribution < -0.4 is 14.2 Å². The third-order valence-electron chi connectivity index (χ3n) is 8.01. The smallest absolute Gasteiger partial charge is 0.125 e. The molecule has 206 valence electrons. The number of aryl methyl sites for hydroxylation is 4. The largest absolute Gasteiger partial charge is 0.491 e. The summed E-state index contributed by atoms with van der Waals surface area (Å²) in [5.74, 6) is 2.75. The van der Waals surface area contributed by atoms with E-state index in [2.05, 4.69) is 83.1 Å². The van der Waals surface area contributed by atoms with Crippen molar-refractivity contribution in [3.8, 4) is 17.2 Å². The molecule has 39 heavy (non-hydrogen) atoms. The molecular formula is C33H38O6. The fourth-order valence-corrected chi connectivity index (χ4v) is 5.25. The second-order valence-electron chi connectivity index (χ2n) is 11.3. The minimum Gasteiger partial charge on any atom is -0.491 e. The fourth-order valence-electron chi connectivity index (χ4n) is 5.25. The van der Waals surface area contributed by atoms with Crippen molar-refractivity contribution in [1.82, 2.24) is 0 Å². The average Bonchev–Trinajstić information content (AvgIpc) is 3.75. The molecule has 0 radical (unpaired) electrons. The Morgan fingerprint density at radius 2 is 0.974 bits per heavy atom. The van der Waals surface area contributed by atoms with Crippen molar-refractivity contribution in [2.75, 3.05) is 39.6 Å². The van der Waals surface area contributed by atoms with E-state index in [-0.39, 0.29) is 18.3 Å². The lowest BCUT2D eigenvalue weighted by Gasteiger charge is -2.34. The first kappa shape index (κ1) is 26.2. The van der Waals surface area contributed by atoms with Crippen LogP contribution in [0.2, 0.25) is 0 Å². The summed E-state index contributed by atoms with van der Waals surface area (Å²) in [6.45, 7) is 14.9. The van der Waals surface area contributed by atoms with Gasteiger partial charge in [0.05, 0.1) is 19.8 Å². The van der Waals surface area contributed by atoms with Gasteiger partial charge >= 0.3 is 0 Å². The molecule has 0 N–H and O–H groups in total. The summed E-state index contributed by atoms with van der Waals surface area (Å²) in [7, 11) is 0. The van der Waals surface area contributed by atoms with Crippen molar-refractivity contribution in [2.45, 2.75) is 58.3 Å². The maximum atomic E-state index is 6.16. The van der Waals surface area contributed by atoms with Gasteiger partial charge in [0.1, 0.15) is 55.4 Å². The highest BCUT2D eigenvalue weighted by atomic mass is 16.6. The van der Waals surface area contributed by atoms with Gasteiger partial charge in [-0.05, 0) is 85.7 Å². The van der Waals surface area contributed by atoms with E-state index in [1.807, 2.05) is 0 Å². The second-order valence-corrected chi connectivity index (χ2v) is 11.3. The zero-order chi connectivity index (χ0) is 27.1. The van der Waals surface area contributed by atoms with Crippen LogP contribution in [0.25, 0.3) is 0 Å². The van der Waals surface area contributed by atoms with Gasteiger partial charge in [0.2, 0.25) is 0 Å². The first-order chi connectivity index (χ1) is 18.8. The lowest BCUT2D eigenvalue weighted by atomic mass is 9.70. The molecule has 3 fully saturated rings. The summed E-state index contributed by atoms with van der Waals surface area (Å²) in [5.41, 5.74) is 7.67. The van der Waals surface area contributed by atoms with Crippen LogP contribution in [-0.2, 0) is 19.6 Å². The van der Waals surface area contributed by atoms with E-state index >= 15 is 0 Å². The van der Waals surface area contributed by atoms with Crippen molar-refractivity contribution in [2.24, 2.45) is 0 Å². The van der Waals surface area contributed by atoms with Crippen molar-refractivity contribution in [1.29, 1.82) is 0 Å². The van der Waals surface area contributed by atoms with Gasteiger partial charge in [-0.2, -0.15) is 0 Å². The Balaban J connectivity index is 1.38. The summed E-state index contributed by atoms with van der Waals surface area (Å²) < 4.78 is 34.3. The van der Waals surface area contributed by atoms with Crippen molar-refractivity contribution < 1.29 is 28.4 Å². The molecule has 3 heterocycles. The van der Waals surface area contributed by atoms with Crippen LogP contribution in [0.5, 0.6) is 17.2 Å². The quantitative estimate of drug-likeness (QED) is 0.224. The van der Waals surface area contributed by atoms with Crippen LogP contribution in [0.1, 0.15) is 45.9 Å². The lowest BCUT2D eigenvalue weighted by Crippen LogP contribution is -2.26. The Hall–Kier alpha value is -3.06. The molecular weight excluding hydrogens is 492 g/mol. The van der Waals surface area contributed by atoms with Gasteiger partial charge in [0.15, 0.2) is 0 Å². The van der Waals surface area contributed by atoms with Crippen molar-refractivity contribution in [3.05, 3.63) is 87.5 Å². The Kier molecular flexibility index (Phi) is 7.04. The number of ether oxygens (including phenoxy) is 6. The molecule has 6 rings (SSSR count). The normalized spacial score (nSPS) is 22.6. The predicted molar refractivity (Wildman–Crippen MR) is 150 cm³/mol. The van der Waals surface area contributed by atoms with Gasteiger partial charge in [-0.25, -0.2) is 0 Å². The Morgan fingerprint density at radius 1 is 0.590 bits per heavy atom. The zero-order valence-corrected chi connectivity index (χ0v) is 23.5. The molecule has 0 bridgehead atoms. The molecule has 3 aliphatic rings. The third kappa shape index (κ3) is 5.79. The number of hydrogen-bond donors (Lipinski definition) is 0. The van der Waals surface area contributed by atoms with Gasteiger partial charge in [-0.15, -0.1) is 0 Å². The van der Waals surface area contributed by atoms with E-state index in [4.69, 9.17) is 28.4 Å². The van der Waals surface area contributed by atoms with Gasteiger partial charge in [0.25, 0.3) is 0 Å². The first-order valence-corrected chi connectivity index (χ1v) is 13.9. The van der Waals surface area contributed by atoms with E-state index in [0.717, 1.165) is 59.3 Å². The maximum absolute atomic E-state index is 6.16. The average molecular weight is 531 g/mol. The highest BCUT2D eigenvalue weighted by Gasteiger charge is 2.34. The van der Waals surface area contributed by atoms with Crippen molar-refractivity contribution >= 4 is 0 Å². The summed E-state index contributed by atoms with van der Waals surface area (Å²) >= 11 is 0. The predicted octanol–water partition coefficient (Wildman–Crippen LogP) is 5.61. The summed E-state index contributed by atoms with van der Waals surface area (Å²) in [6.07, 6.45) is 0.671. The van der Waals surface area contributed by atoms with Gasteiger partial charge in [0, 0.05) is 5.41 Å². The van der Waals surface area contributed by atoms with E-state index < -0.39 is 5.41 Å². The Bertz CT molecular complexity index is 1260. The Morgan fingerprint density at radius 3 is 1.36 bits per heavy atom. The molecule has 3 aromatic carbocycles. The molecule has 3 atom stereocenters. The van der Waals surface area contributed by atoms with Crippen LogP contribution in [0.3, 0.4) is 0 Å². The number of epoxide rings is 3. The van der Waals surface area contributed by atoms with Crippen LogP contribution in [0.15, 0.2) is 48.5 Å². The lowest BCUT2D eigenvalue weighted by molar-refractivity contribution is 0.260. The van der Waals surface area contributed by atoms with E-state index in [1.165, 1.54) is 16.7 Å². The highest BCUT2D eigenvalue weighted by molar-refractivity contribution is 5.57. The molecule has 3 aliphatic heterocycles. The second kappa shape index (κ2) is 10.5. The molecule has 3 unspecified atom stereocenters. The van der Waals surface area contributed by atoms with Crippen LogP contribution in [0.4, 0.5) is 0 Å². The molecule has 0 spiro atoms. The monoisotopic (exact) mass is 530 g/mol. The fraction of sp³-hybridized carbons (Fsp3) is 0.455. The maximum Gasteiger partial charge on any atom is 0.125 e. The van der Waals surface area contributed by atoms with Crippen LogP contribution in [-0.4, -0.2) is 58.0 Å². The molecule has 3 aromatic rings. The third-order valence-corrected chi connectivity index (χ3v) is 8.01.